The molecule has 0 radical (unpaired) electrons. The Morgan fingerprint density at radius 1 is 0.880 bits per heavy atom. The fraction of sp³-hybridized carbons (Fsp3) is 0.333. The monoisotopic (exact) mass is 379 g/mol. The summed E-state index contributed by atoms with van der Waals surface area (Å²) in [5.74, 6) is 0. The molecule has 2 aromatic carbocycles. The lowest BCUT2D eigenvalue weighted by atomic mass is 10.0. The van der Waals surface area contributed by atoms with Crippen molar-refractivity contribution in [3.63, 3.8) is 0 Å². The Labute approximate surface area is 149 Å². The fourth-order valence-corrected chi connectivity index (χ4v) is 4.96. The molecular formula is C18H21NO4S2. The van der Waals surface area contributed by atoms with Crippen molar-refractivity contribution in [2.45, 2.75) is 42.0 Å². The van der Waals surface area contributed by atoms with E-state index in [0.717, 1.165) is 31.1 Å². The minimum absolute atomic E-state index is 0.0490. The molecule has 2 aromatic rings. The number of aryl methyl sites for hydroxylation is 2. The highest BCUT2D eigenvalue weighted by Gasteiger charge is 2.20. The number of nitrogens with one attached hydrogen (secondary N) is 1. The van der Waals surface area contributed by atoms with Crippen LogP contribution in [0.2, 0.25) is 0 Å². The van der Waals surface area contributed by atoms with Crippen LogP contribution in [0.1, 0.15) is 36.1 Å². The molecule has 1 atom stereocenters. The second kappa shape index (κ2) is 6.55. The van der Waals surface area contributed by atoms with Gasteiger partial charge in [0, 0.05) is 12.3 Å². The van der Waals surface area contributed by atoms with E-state index in [1.807, 2.05) is 6.07 Å². The predicted octanol–water partition coefficient (Wildman–Crippen LogP) is 2.62. The normalized spacial score (nSPS) is 15.8. The average molecular weight is 380 g/mol. The van der Waals surface area contributed by atoms with E-state index in [4.69, 9.17) is 0 Å². The number of sulfonamides is 1. The Morgan fingerprint density at radius 2 is 1.48 bits per heavy atom. The predicted molar refractivity (Wildman–Crippen MR) is 96.8 cm³/mol. The zero-order chi connectivity index (χ0) is 18.2. The molecular weight excluding hydrogens is 358 g/mol. The summed E-state index contributed by atoms with van der Waals surface area (Å²) in [6.45, 7) is 1.80. The molecule has 0 fully saturated rings. The van der Waals surface area contributed by atoms with E-state index in [2.05, 4.69) is 16.9 Å². The van der Waals surface area contributed by atoms with Gasteiger partial charge in [-0.25, -0.2) is 21.6 Å². The third-order valence-electron chi connectivity index (χ3n) is 4.52. The number of benzene rings is 2. The summed E-state index contributed by atoms with van der Waals surface area (Å²) in [7, 11) is -7.08. The van der Waals surface area contributed by atoms with Gasteiger partial charge in [0.05, 0.1) is 9.79 Å². The van der Waals surface area contributed by atoms with E-state index in [1.54, 1.807) is 6.92 Å². The number of hydrogen-bond acceptors (Lipinski definition) is 4. The molecule has 7 heteroatoms. The van der Waals surface area contributed by atoms with E-state index in [1.165, 1.54) is 35.4 Å². The molecule has 0 spiro atoms. The molecule has 5 nitrogen and oxygen atoms in total. The minimum atomic E-state index is -3.73. The second-order valence-electron chi connectivity index (χ2n) is 6.47. The largest absolute Gasteiger partial charge is 0.241 e. The summed E-state index contributed by atoms with van der Waals surface area (Å²) in [5.41, 5.74) is 3.56. The van der Waals surface area contributed by atoms with Crippen molar-refractivity contribution in [3.05, 3.63) is 59.2 Å². The molecule has 0 unspecified atom stereocenters. The van der Waals surface area contributed by atoms with Crippen LogP contribution in [0, 0.1) is 0 Å². The molecule has 134 valence electrons. The van der Waals surface area contributed by atoms with Crippen LogP contribution >= 0.6 is 0 Å². The first-order valence-electron chi connectivity index (χ1n) is 8.11. The van der Waals surface area contributed by atoms with Crippen LogP contribution in [0.25, 0.3) is 0 Å². The number of rotatable bonds is 5. The second-order valence-corrected chi connectivity index (χ2v) is 10.2. The van der Waals surface area contributed by atoms with E-state index in [0.29, 0.717) is 0 Å². The number of sulfone groups is 1. The molecule has 0 saturated heterocycles. The summed E-state index contributed by atoms with van der Waals surface area (Å²) < 4.78 is 50.7. The zero-order valence-corrected chi connectivity index (χ0v) is 15.8. The highest BCUT2D eigenvalue weighted by Crippen LogP contribution is 2.26. The summed E-state index contributed by atoms with van der Waals surface area (Å²) in [5, 5.41) is 0. The quantitative estimate of drug-likeness (QED) is 0.866. The van der Waals surface area contributed by atoms with Crippen molar-refractivity contribution in [1.29, 1.82) is 0 Å². The highest BCUT2D eigenvalue weighted by molar-refractivity contribution is 7.90. The van der Waals surface area contributed by atoms with Gasteiger partial charge in [-0.15, -0.1) is 0 Å². The summed E-state index contributed by atoms with van der Waals surface area (Å²) in [4.78, 5) is 0.144. The van der Waals surface area contributed by atoms with Gasteiger partial charge in [-0.2, -0.15) is 0 Å². The first-order chi connectivity index (χ1) is 11.7. The van der Waals surface area contributed by atoms with Gasteiger partial charge in [-0.3, -0.25) is 0 Å². The molecule has 0 aliphatic heterocycles. The minimum Gasteiger partial charge on any atom is -0.224 e. The van der Waals surface area contributed by atoms with Crippen molar-refractivity contribution in [1.82, 2.24) is 4.72 Å². The SMILES string of the molecule is C[C@@H](NS(=O)(=O)c1ccc(S(C)(=O)=O)cc1)c1ccc2c(c1)CCC2. The number of fused-ring (bicyclic) bond motifs is 1. The third-order valence-corrected chi connectivity index (χ3v) is 7.20. The van der Waals surface area contributed by atoms with Crippen molar-refractivity contribution < 1.29 is 16.8 Å². The molecule has 0 heterocycles. The summed E-state index contributed by atoms with van der Waals surface area (Å²) in [6.07, 6.45) is 4.36. The number of hydrogen-bond donors (Lipinski definition) is 1. The van der Waals surface area contributed by atoms with Gasteiger partial charge in [-0.05, 0) is 67.1 Å². The Hall–Kier alpha value is -1.70. The lowest BCUT2D eigenvalue weighted by Gasteiger charge is -2.16. The van der Waals surface area contributed by atoms with E-state index >= 15 is 0 Å². The molecule has 1 aliphatic rings. The van der Waals surface area contributed by atoms with Gasteiger partial charge in [0.1, 0.15) is 0 Å². The maximum absolute atomic E-state index is 12.6. The van der Waals surface area contributed by atoms with E-state index in [-0.39, 0.29) is 15.8 Å². The van der Waals surface area contributed by atoms with Crippen LogP contribution in [-0.4, -0.2) is 23.1 Å². The van der Waals surface area contributed by atoms with E-state index in [9.17, 15) is 16.8 Å². The first kappa shape index (κ1) is 18.1. The van der Waals surface area contributed by atoms with Crippen LogP contribution < -0.4 is 4.72 Å². The molecule has 3 rings (SSSR count). The highest BCUT2D eigenvalue weighted by atomic mass is 32.2. The Morgan fingerprint density at radius 3 is 2.12 bits per heavy atom. The molecule has 1 aliphatic carbocycles. The van der Waals surface area contributed by atoms with Gasteiger partial charge in [-0.1, -0.05) is 18.2 Å². The van der Waals surface area contributed by atoms with Crippen LogP contribution in [-0.2, 0) is 32.7 Å². The van der Waals surface area contributed by atoms with Crippen molar-refractivity contribution >= 4 is 19.9 Å². The van der Waals surface area contributed by atoms with E-state index < -0.39 is 19.9 Å². The Bertz CT molecular complexity index is 994. The van der Waals surface area contributed by atoms with Crippen LogP contribution in [0.3, 0.4) is 0 Å². The fourth-order valence-electron chi connectivity index (χ4n) is 3.10. The third kappa shape index (κ3) is 3.94. The van der Waals surface area contributed by atoms with Gasteiger partial charge < -0.3 is 0 Å². The van der Waals surface area contributed by atoms with Gasteiger partial charge in [0.15, 0.2) is 9.84 Å². The van der Waals surface area contributed by atoms with Crippen LogP contribution in [0.4, 0.5) is 0 Å². The molecule has 0 saturated carbocycles. The molecule has 1 N–H and O–H groups in total. The lowest BCUT2D eigenvalue weighted by molar-refractivity contribution is 0.566. The lowest BCUT2D eigenvalue weighted by Crippen LogP contribution is -2.27. The molecule has 0 bridgehead atoms. The maximum Gasteiger partial charge on any atom is 0.241 e. The van der Waals surface area contributed by atoms with Crippen LogP contribution in [0.5, 0.6) is 0 Å². The van der Waals surface area contributed by atoms with Crippen molar-refractivity contribution in [2.24, 2.45) is 0 Å². The Balaban J connectivity index is 1.81. The first-order valence-corrected chi connectivity index (χ1v) is 11.5. The average Bonchev–Trinajstić information content (AvgIpc) is 3.01. The zero-order valence-electron chi connectivity index (χ0n) is 14.2. The maximum atomic E-state index is 12.6. The van der Waals surface area contributed by atoms with Crippen molar-refractivity contribution in [3.8, 4) is 0 Å². The molecule has 0 aromatic heterocycles. The van der Waals surface area contributed by atoms with Gasteiger partial charge in [0.25, 0.3) is 0 Å². The Kier molecular flexibility index (Phi) is 4.74. The topological polar surface area (TPSA) is 80.3 Å². The smallest absolute Gasteiger partial charge is 0.224 e. The van der Waals surface area contributed by atoms with Crippen molar-refractivity contribution in [2.75, 3.05) is 6.26 Å². The van der Waals surface area contributed by atoms with Gasteiger partial charge in [0.2, 0.25) is 10.0 Å². The standard InChI is InChI=1S/C18H21NO4S2/c1-13(15-7-6-14-4-3-5-16(14)12-15)19-25(22,23)18-10-8-17(9-11-18)24(2,20)21/h6-13,19H,3-5H2,1-2H3/t13-/m1/s1. The summed E-state index contributed by atoms with van der Waals surface area (Å²) >= 11 is 0. The van der Waals surface area contributed by atoms with Gasteiger partial charge >= 0.3 is 0 Å². The molecule has 25 heavy (non-hydrogen) atoms. The molecule has 0 amide bonds. The van der Waals surface area contributed by atoms with Crippen LogP contribution in [0.15, 0.2) is 52.3 Å². The summed E-state index contributed by atoms with van der Waals surface area (Å²) in [6, 6.07) is 11.0.